The number of anilines is 2. The third-order valence-corrected chi connectivity index (χ3v) is 5.89. The van der Waals surface area contributed by atoms with Crippen molar-refractivity contribution in [2.75, 3.05) is 37.6 Å². The van der Waals surface area contributed by atoms with Gasteiger partial charge in [0.15, 0.2) is 17.4 Å². The summed E-state index contributed by atoms with van der Waals surface area (Å²) >= 11 is 0. The summed E-state index contributed by atoms with van der Waals surface area (Å²) in [6.07, 6.45) is 1.71. The van der Waals surface area contributed by atoms with Crippen molar-refractivity contribution >= 4 is 36.2 Å². The molecular weight excluding hydrogens is 359 g/mol. The van der Waals surface area contributed by atoms with Crippen LogP contribution in [0.5, 0.6) is 0 Å². The van der Waals surface area contributed by atoms with E-state index in [-0.39, 0.29) is 23.1 Å². The molecule has 3 heterocycles. The lowest BCUT2D eigenvalue weighted by atomic mass is 10.1. The normalized spacial score (nSPS) is 26.5. The van der Waals surface area contributed by atoms with Gasteiger partial charge >= 0.3 is 0 Å². The fourth-order valence-electron chi connectivity index (χ4n) is 3.03. The molecule has 10 nitrogen and oxygen atoms in total. The van der Waals surface area contributed by atoms with Gasteiger partial charge < -0.3 is 26.0 Å². The van der Waals surface area contributed by atoms with Crippen molar-refractivity contribution in [2.45, 2.75) is 31.0 Å². The van der Waals surface area contributed by atoms with E-state index in [9.17, 15) is 15.0 Å². The van der Waals surface area contributed by atoms with Crippen LogP contribution in [0.2, 0.25) is 0 Å². The number of aliphatic hydroxyl groups is 2. The number of nitrogens with two attached hydrogens (primary N) is 1. The van der Waals surface area contributed by atoms with Crippen LogP contribution in [0, 0.1) is 0 Å². The smallest absolute Gasteiger partial charge is 0.280 e. The van der Waals surface area contributed by atoms with Gasteiger partial charge in [-0.25, -0.2) is 4.98 Å². The van der Waals surface area contributed by atoms with Crippen molar-refractivity contribution in [1.29, 1.82) is 0 Å². The molecule has 1 aliphatic rings. The van der Waals surface area contributed by atoms with Crippen LogP contribution in [0.15, 0.2) is 4.79 Å². The number of hydrogen-bond donors (Lipinski definition) is 5. The first-order valence-electron chi connectivity index (χ1n) is 8.27. The fourth-order valence-corrected chi connectivity index (χ4v) is 3.98. The fraction of sp³-hybridized carbons (Fsp3) is 0.600. The molecule has 144 valence electrons. The first-order chi connectivity index (χ1) is 12.1. The minimum absolute atomic E-state index is 0.0202. The van der Waals surface area contributed by atoms with Crippen molar-refractivity contribution in [3.63, 3.8) is 0 Å². The van der Waals surface area contributed by atoms with Crippen molar-refractivity contribution < 1.29 is 14.9 Å². The Morgan fingerprint density at radius 3 is 2.69 bits per heavy atom. The Kier molecular flexibility index (Phi) is 4.87. The molecule has 3 rings (SSSR count). The van der Waals surface area contributed by atoms with Crippen LogP contribution in [0.4, 0.5) is 11.9 Å². The Bertz CT molecular complexity index is 919. The molecule has 1 fully saturated rings. The van der Waals surface area contributed by atoms with Crippen LogP contribution in [0.1, 0.15) is 12.6 Å². The summed E-state index contributed by atoms with van der Waals surface area (Å²) in [6.45, 7) is 2.90. The monoisotopic (exact) mass is 384 g/mol. The molecule has 0 radical (unpaired) electrons. The molecule has 0 bridgehead atoms. The van der Waals surface area contributed by atoms with Gasteiger partial charge in [-0.05, 0) is 25.9 Å². The Morgan fingerprint density at radius 1 is 1.38 bits per heavy atom. The van der Waals surface area contributed by atoms with Crippen LogP contribution < -0.4 is 16.6 Å². The summed E-state index contributed by atoms with van der Waals surface area (Å²) in [5.74, 6) is 0.213. The van der Waals surface area contributed by atoms with Gasteiger partial charge in [0.1, 0.15) is 12.2 Å². The molecule has 0 saturated carbocycles. The highest BCUT2D eigenvalue weighted by molar-refractivity contribution is 7.72. The number of aliphatic hydroxyl groups excluding tert-OH is 2. The topological polar surface area (TPSA) is 151 Å². The van der Waals surface area contributed by atoms with Gasteiger partial charge in [-0.15, -0.1) is 13.2 Å². The predicted molar refractivity (Wildman–Crippen MR) is 103 cm³/mol. The minimum atomic E-state index is -1.29. The molecule has 1 saturated heterocycles. The molecule has 2 aromatic rings. The zero-order valence-corrected chi connectivity index (χ0v) is 15.9. The molecule has 26 heavy (non-hydrogen) atoms. The summed E-state index contributed by atoms with van der Waals surface area (Å²) in [6, 6.07) is 0. The maximum absolute atomic E-state index is 12.1. The van der Waals surface area contributed by atoms with E-state index in [0.717, 1.165) is 6.16 Å². The molecule has 1 aliphatic heterocycles. The lowest BCUT2D eigenvalue weighted by Crippen LogP contribution is -2.32. The highest BCUT2D eigenvalue weighted by Crippen LogP contribution is 2.40. The lowest BCUT2D eigenvalue weighted by molar-refractivity contribution is -0.0340. The van der Waals surface area contributed by atoms with E-state index in [1.165, 1.54) is 4.57 Å². The standard InChI is InChI=1S/C15H25N6O4P/c1-17-15-19-11-8(12(24)20-15)18-14(16)21(11)13-10(23)9(22)7(25-13)5-6-26(2,3)4/h7,9-10,13,22-23H,2,5-6H2,1,3-4H3,(H2,16,18)(H2,17,19,20,24)/t7-,9-,10-,13-/m1/s1. The van der Waals surface area contributed by atoms with Gasteiger partial charge in [0.25, 0.3) is 5.56 Å². The number of aromatic amines is 1. The molecule has 0 spiro atoms. The molecule has 0 amide bonds. The Labute approximate surface area is 150 Å². The summed E-state index contributed by atoms with van der Waals surface area (Å²) in [7, 11) is 1.61. The second-order valence-corrected chi connectivity index (χ2v) is 11.5. The quantitative estimate of drug-likeness (QED) is 0.431. The van der Waals surface area contributed by atoms with Gasteiger partial charge in [-0.3, -0.25) is 14.3 Å². The van der Waals surface area contributed by atoms with Gasteiger partial charge in [0, 0.05) is 7.05 Å². The number of nitrogen functional groups attached to an aromatic ring is 1. The summed E-state index contributed by atoms with van der Waals surface area (Å²) in [5, 5.41) is 23.6. The van der Waals surface area contributed by atoms with E-state index < -0.39 is 37.0 Å². The van der Waals surface area contributed by atoms with Crippen LogP contribution in [0.25, 0.3) is 11.2 Å². The molecule has 4 atom stereocenters. The number of rotatable bonds is 5. The molecule has 0 unspecified atom stereocenters. The maximum atomic E-state index is 12.1. The summed E-state index contributed by atoms with van der Waals surface area (Å²) < 4.78 is 7.24. The number of fused-ring (bicyclic) bond motifs is 1. The number of nitrogens with zero attached hydrogens (tertiary/aromatic N) is 3. The molecule has 0 aromatic carbocycles. The number of H-pyrrole nitrogens is 1. The van der Waals surface area contributed by atoms with E-state index in [0.29, 0.717) is 6.42 Å². The Balaban J connectivity index is 1.98. The van der Waals surface area contributed by atoms with Gasteiger partial charge in [-0.1, -0.05) is 0 Å². The van der Waals surface area contributed by atoms with Crippen molar-refractivity contribution in [1.82, 2.24) is 19.5 Å². The Hall–Kier alpha value is -1.87. The Morgan fingerprint density at radius 2 is 2.08 bits per heavy atom. The number of hydrogen-bond acceptors (Lipinski definition) is 8. The SMILES string of the molecule is C=P(C)(C)CC[C@H]1O[C@@H](n2c(N)nc3c(=O)[nH]c(NC)nc32)[C@H](O)[C@@H]1O. The largest absolute Gasteiger partial charge is 0.388 e. The van der Waals surface area contributed by atoms with Gasteiger partial charge in [0.05, 0.1) is 6.10 Å². The van der Waals surface area contributed by atoms with E-state index in [1.807, 2.05) is 0 Å². The van der Waals surface area contributed by atoms with E-state index in [2.05, 4.69) is 39.9 Å². The van der Waals surface area contributed by atoms with Crippen molar-refractivity contribution in [2.24, 2.45) is 0 Å². The zero-order chi connectivity index (χ0) is 19.2. The van der Waals surface area contributed by atoms with Crippen LogP contribution in [0.3, 0.4) is 0 Å². The molecule has 6 N–H and O–H groups in total. The van der Waals surface area contributed by atoms with E-state index >= 15 is 0 Å². The predicted octanol–water partition coefficient (Wildman–Crippen LogP) is -0.538. The van der Waals surface area contributed by atoms with Gasteiger partial charge in [-0.2, -0.15) is 4.98 Å². The second kappa shape index (κ2) is 6.70. The van der Waals surface area contributed by atoms with Crippen molar-refractivity contribution in [3.8, 4) is 0 Å². The third kappa shape index (κ3) is 3.37. The lowest BCUT2D eigenvalue weighted by Gasteiger charge is -2.19. The van der Waals surface area contributed by atoms with Crippen molar-refractivity contribution in [3.05, 3.63) is 10.4 Å². The van der Waals surface area contributed by atoms with Gasteiger partial charge in [0.2, 0.25) is 11.9 Å². The highest BCUT2D eigenvalue weighted by atomic mass is 31.2. The average Bonchev–Trinajstić information content (AvgIpc) is 3.02. The molecule has 11 heteroatoms. The number of imidazole rings is 1. The first-order valence-corrected chi connectivity index (χ1v) is 11.3. The first kappa shape index (κ1) is 18.9. The second-order valence-electron chi connectivity index (χ2n) is 7.17. The number of nitrogens with one attached hydrogen (secondary N) is 2. The highest BCUT2D eigenvalue weighted by Gasteiger charge is 2.45. The molecular formula is C15H25N6O4P. The van der Waals surface area contributed by atoms with Crippen LogP contribution >= 0.6 is 6.89 Å². The number of aromatic nitrogens is 4. The minimum Gasteiger partial charge on any atom is -0.388 e. The van der Waals surface area contributed by atoms with Crippen LogP contribution in [-0.4, -0.2) is 80.9 Å². The van der Waals surface area contributed by atoms with Crippen LogP contribution in [-0.2, 0) is 4.74 Å². The number of ether oxygens (including phenoxy) is 1. The third-order valence-electron chi connectivity index (χ3n) is 4.43. The zero-order valence-electron chi connectivity index (χ0n) is 15.0. The average molecular weight is 384 g/mol. The molecule has 2 aromatic heterocycles. The molecule has 0 aliphatic carbocycles. The summed E-state index contributed by atoms with van der Waals surface area (Å²) in [4.78, 5) is 23.0. The van der Waals surface area contributed by atoms with E-state index in [1.54, 1.807) is 7.05 Å². The van der Waals surface area contributed by atoms with E-state index in [4.69, 9.17) is 10.5 Å². The maximum Gasteiger partial charge on any atom is 0.280 e. The summed E-state index contributed by atoms with van der Waals surface area (Å²) in [5.41, 5.74) is 5.71.